The van der Waals surface area contributed by atoms with Gasteiger partial charge in [-0.3, -0.25) is 4.79 Å². The van der Waals surface area contributed by atoms with Gasteiger partial charge in [0, 0.05) is 31.8 Å². The summed E-state index contributed by atoms with van der Waals surface area (Å²) in [6.45, 7) is 13.0. The van der Waals surface area contributed by atoms with Crippen LogP contribution in [-0.2, 0) is 32.6 Å². The zero-order valence-corrected chi connectivity index (χ0v) is 27.0. The number of aryl methyl sites for hydroxylation is 1. The van der Waals surface area contributed by atoms with E-state index in [1.54, 1.807) is 39.2 Å². The number of amides is 1. The van der Waals surface area contributed by atoms with Crippen LogP contribution in [0.2, 0.25) is 5.02 Å². The Bertz CT molecular complexity index is 1430. The minimum Gasteiger partial charge on any atom is -0.487 e. The normalized spacial score (nSPS) is 19.9. The number of anilines is 1. The minimum atomic E-state index is -4.17. The number of sulfonamides is 1. The summed E-state index contributed by atoms with van der Waals surface area (Å²) >= 11 is 6.31. The van der Waals surface area contributed by atoms with Crippen molar-refractivity contribution in [3.8, 4) is 5.75 Å². The fraction of sp³-hybridized carbons (Fsp3) is 0.485. The number of ether oxygens (including phenoxy) is 2. The zero-order valence-electron chi connectivity index (χ0n) is 25.4. The number of nitrogens with zero attached hydrogens (tertiary/aromatic N) is 1. The van der Waals surface area contributed by atoms with Crippen LogP contribution in [0.1, 0.15) is 50.7 Å². The maximum Gasteiger partial charge on any atom is 0.264 e. The second-order valence-electron chi connectivity index (χ2n) is 11.9. The molecule has 2 aliphatic rings. The molecule has 2 aromatic rings. The lowest BCUT2D eigenvalue weighted by Gasteiger charge is -2.43. The van der Waals surface area contributed by atoms with E-state index in [0.717, 1.165) is 56.3 Å². The van der Waals surface area contributed by atoms with E-state index in [9.17, 15) is 13.2 Å². The monoisotopic (exact) mass is 629 g/mol. The molecule has 0 bridgehead atoms. The van der Waals surface area contributed by atoms with E-state index >= 15 is 0 Å². The van der Waals surface area contributed by atoms with Gasteiger partial charge >= 0.3 is 0 Å². The molecule has 0 saturated heterocycles. The Kier molecular flexibility index (Phi) is 11.0. The highest BCUT2D eigenvalue weighted by molar-refractivity contribution is 7.90. The van der Waals surface area contributed by atoms with Crippen LogP contribution in [0.25, 0.3) is 0 Å². The average molecular weight is 630 g/mol. The third kappa shape index (κ3) is 8.01. The summed E-state index contributed by atoms with van der Waals surface area (Å²) in [4.78, 5) is 15.2. The van der Waals surface area contributed by atoms with E-state index in [1.165, 1.54) is 6.07 Å². The minimum absolute atomic E-state index is 0.000735. The summed E-state index contributed by atoms with van der Waals surface area (Å²) in [5, 5.41) is 3.69. The molecular formula is C33H44ClN3O5S. The lowest BCUT2D eigenvalue weighted by atomic mass is 9.70. The highest BCUT2D eigenvalue weighted by Gasteiger charge is 2.38. The molecule has 1 amide bonds. The summed E-state index contributed by atoms with van der Waals surface area (Å²) in [6.07, 6.45) is 8.27. The van der Waals surface area contributed by atoms with Crippen molar-refractivity contribution in [3.63, 3.8) is 0 Å². The molecule has 0 unspecified atom stereocenters. The first-order chi connectivity index (χ1) is 20.5. The van der Waals surface area contributed by atoms with E-state index in [-0.39, 0.29) is 11.0 Å². The third-order valence-corrected chi connectivity index (χ3v) is 10.2. The van der Waals surface area contributed by atoms with Crippen LogP contribution in [0.5, 0.6) is 5.75 Å². The highest BCUT2D eigenvalue weighted by Crippen LogP contribution is 2.41. The predicted molar refractivity (Wildman–Crippen MR) is 172 cm³/mol. The van der Waals surface area contributed by atoms with Crippen molar-refractivity contribution in [1.82, 2.24) is 10.0 Å². The number of nitrogens with one attached hydrogen (secondary N) is 2. The van der Waals surface area contributed by atoms with E-state index in [1.807, 2.05) is 24.3 Å². The first-order valence-electron chi connectivity index (χ1n) is 14.9. The summed E-state index contributed by atoms with van der Waals surface area (Å²) in [6, 6.07) is 10.7. The third-order valence-electron chi connectivity index (χ3n) is 8.60. The quantitative estimate of drug-likeness (QED) is 0.310. The van der Waals surface area contributed by atoms with Gasteiger partial charge in [-0.25, -0.2) is 13.1 Å². The Morgan fingerprint density at radius 1 is 1.19 bits per heavy atom. The average Bonchev–Trinajstić information content (AvgIpc) is 2.99. The number of hydrogen-bond acceptors (Lipinski definition) is 7. The van der Waals surface area contributed by atoms with Gasteiger partial charge in [-0.2, -0.15) is 0 Å². The van der Waals surface area contributed by atoms with Crippen molar-refractivity contribution in [2.45, 2.75) is 69.1 Å². The number of methoxy groups -OCH3 is 1. The van der Waals surface area contributed by atoms with Gasteiger partial charge in [-0.15, -0.1) is 13.2 Å². The number of benzene rings is 2. The fourth-order valence-corrected chi connectivity index (χ4v) is 7.11. The molecule has 8 nitrogen and oxygen atoms in total. The number of rotatable bonds is 11. The van der Waals surface area contributed by atoms with E-state index in [0.29, 0.717) is 41.4 Å². The molecule has 0 radical (unpaired) electrons. The van der Waals surface area contributed by atoms with Crippen LogP contribution in [-0.4, -0.2) is 52.7 Å². The van der Waals surface area contributed by atoms with Crippen molar-refractivity contribution in [1.29, 1.82) is 0 Å². The Hall–Kier alpha value is -2.85. The second-order valence-corrected chi connectivity index (χ2v) is 14.0. The molecule has 1 saturated carbocycles. The van der Waals surface area contributed by atoms with Crippen molar-refractivity contribution >= 4 is 33.2 Å². The molecule has 3 atom stereocenters. The molecule has 0 aromatic heterocycles. The predicted octanol–water partition coefficient (Wildman–Crippen LogP) is 5.65. The van der Waals surface area contributed by atoms with Gasteiger partial charge in [0.05, 0.1) is 22.2 Å². The Balaban J connectivity index is 1.69. The maximum atomic E-state index is 13.5. The van der Waals surface area contributed by atoms with E-state index in [2.05, 4.69) is 28.1 Å². The zero-order chi connectivity index (χ0) is 31.2. The van der Waals surface area contributed by atoms with Gasteiger partial charge in [0.1, 0.15) is 12.4 Å². The van der Waals surface area contributed by atoms with Crippen LogP contribution >= 0.6 is 11.6 Å². The maximum absolute atomic E-state index is 13.5. The fourth-order valence-electron chi connectivity index (χ4n) is 5.78. The van der Waals surface area contributed by atoms with Crippen molar-refractivity contribution in [2.75, 3.05) is 31.6 Å². The van der Waals surface area contributed by atoms with Gasteiger partial charge in [0.15, 0.2) is 0 Å². The standard InChI is InChI=1S/C33H44ClN3O5S/c1-6-17-35-33(3,4)32(38)36-43(39,40)27-14-16-31-29(20-27)37(21-24-12-15-28(24)30(7-2)41-5)18-9-8-10-23-19-26(34)13-11-25(23)22-42-31/h6-7,11,13-14,16,19-20,24,28,30,35H,1-2,8-10,12,15,17-18,21-22H2,3-5H3,(H,36,38)/t24-,28+,30+/m0/s1. The molecule has 1 aliphatic heterocycles. The number of halogens is 1. The molecule has 43 heavy (non-hydrogen) atoms. The molecular weight excluding hydrogens is 586 g/mol. The van der Waals surface area contributed by atoms with Crippen molar-refractivity contribution in [3.05, 3.63) is 77.9 Å². The smallest absolute Gasteiger partial charge is 0.264 e. The van der Waals surface area contributed by atoms with Crippen molar-refractivity contribution < 1.29 is 22.7 Å². The van der Waals surface area contributed by atoms with Gasteiger partial charge in [-0.05, 0) is 99.2 Å². The van der Waals surface area contributed by atoms with Crippen LogP contribution in [0.15, 0.2) is 66.6 Å². The topological polar surface area (TPSA) is 97.0 Å². The molecule has 1 aliphatic carbocycles. The van der Waals surface area contributed by atoms with Crippen LogP contribution < -0.4 is 19.7 Å². The summed E-state index contributed by atoms with van der Waals surface area (Å²) in [5.74, 6) is 0.632. The van der Waals surface area contributed by atoms with Crippen molar-refractivity contribution in [2.24, 2.45) is 11.8 Å². The summed E-state index contributed by atoms with van der Waals surface area (Å²) in [5.41, 5.74) is 1.78. The molecule has 1 fully saturated rings. The second kappa shape index (κ2) is 14.3. The van der Waals surface area contributed by atoms with Crippen LogP contribution in [0.4, 0.5) is 5.69 Å². The van der Waals surface area contributed by atoms with Crippen LogP contribution in [0.3, 0.4) is 0 Å². The molecule has 2 N–H and O–H groups in total. The first kappa shape index (κ1) is 33.1. The SMILES string of the molecule is C=CCNC(C)(C)C(=O)NS(=O)(=O)c1ccc2c(c1)N(C[C@@H]1CC[C@H]1[C@@H](C=C)OC)CCCCc1cc(Cl)ccc1CO2. The van der Waals surface area contributed by atoms with Gasteiger partial charge in [-0.1, -0.05) is 29.8 Å². The molecule has 10 heteroatoms. The molecule has 4 rings (SSSR count). The number of carbonyl (C=O) groups is 1. The number of carbonyl (C=O) groups excluding carboxylic acids is 1. The summed E-state index contributed by atoms with van der Waals surface area (Å²) in [7, 11) is -2.46. The molecule has 1 heterocycles. The van der Waals surface area contributed by atoms with Gasteiger partial charge in [0.25, 0.3) is 15.9 Å². The summed E-state index contributed by atoms with van der Waals surface area (Å²) < 4.78 is 41.4. The van der Waals surface area contributed by atoms with Crippen LogP contribution in [0, 0.1) is 11.8 Å². The Labute approximate surface area is 261 Å². The molecule has 0 spiro atoms. The van der Waals surface area contributed by atoms with Gasteiger partial charge in [0.2, 0.25) is 0 Å². The molecule has 2 aromatic carbocycles. The largest absolute Gasteiger partial charge is 0.487 e. The van der Waals surface area contributed by atoms with E-state index < -0.39 is 21.5 Å². The first-order valence-corrected chi connectivity index (χ1v) is 16.7. The number of hydrogen-bond donors (Lipinski definition) is 2. The lowest BCUT2D eigenvalue weighted by Crippen LogP contribution is -2.53. The Morgan fingerprint density at radius 3 is 2.65 bits per heavy atom. The Morgan fingerprint density at radius 2 is 1.98 bits per heavy atom. The number of fused-ring (bicyclic) bond motifs is 2. The highest BCUT2D eigenvalue weighted by atomic mass is 35.5. The van der Waals surface area contributed by atoms with E-state index in [4.69, 9.17) is 21.1 Å². The van der Waals surface area contributed by atoms with Gasteiger partial charge < -0.3 is 19.7 Å². The lowest BCUT2D eigenvalue weighted by molar-refractivity contribution is -0.124. The molecule has 234 valence electrons.